The number of aromatic nitrogens is 1. The summed E-state index contributed by atoms with van der Waals surface area (Å²) >= 11 is 0. The highest BCUT2D eigenvalue weighted by Gasteiger charge is 2.15. The molecule has 1 atom stereocenters. The van der Waals surface area contributed by atoms with Gasteiger partial charge >= 0.3 is 0 Å². The molecule has 1 heterocycles. The minimum Gasteiger partial charge on any atom is -0.497 e. The van der Waals surface area contributed by atoms with Crippen molar-refractivity contribution in [2.24, 2.45) is 5.92 Å². The van der Waals surface area contributed by atoms with Crippen molar-refractivity contribution in [3.05, 3.63) is 30.5 Å². The van der Waals surface area contributed by atoms with Crippen molar-refractivity contribution in [3.8, 4) is 5.75 Å². The highest BCUT2D eigenvalue weighted by atomic mass is 16.5. The number of hydrogen-bond donors (Lipinski definition) is 1. The molecule has 144 valence electrons. The van der Waals surface area contributed by atoms with E-state index in [1.54, 1.807) is 7.11 Å². The minimum atomic E-state index is 0.624. The smallest absolute Gasteiger partial charge is 0.121 e. The van der Waals surface area contributed by atoms with E-state index in [0.717, 1.165) is 42.0 Å². The van der Waals surface area contributed by atoms with E-state index in [2.05, 4.69) is 49.0 Å². The summed E-state index contributed by atoms with van der Waals surface area (Å²) in [6, 6.07) is 8.74. The molecule has 2 aromatic rings. The Kier molecular flexibility index (Phi) is 8.17. The van der Waals surface area contributed by atoms with Gasteiger partial charge in [-0.3, -0.25) is 9.88 Å². The fourth-order valence-corrected chi connectivity index (χ4v) is 3.39. The van der Waals surface area contributed by atoms with Gasteiger partial charge in [0.15, 0.2) is 0 Å². The van der Waals surface area contributed by atoms with Crippen LogP contribution in [0.5, 0.6) is 5.75 Å². The lowest BCUT2D eigenvalue weighted by Crippen LogP contribution is -2.39. The molecule has 4 heteroatoms. The van der Waals surface area contributed by atoms with Gasteiger partial charge < -0.3 is 10.1 Å². The summed E-state index contributed by atoms with van der Waals surface area (Å²) in [4.78, 5) is 7.16. The van der Waals surface area contributed by atoms with Gasteiger partial charge in [0, 0.05) is 43.3 Å². The van der Waals surface area contributed by atoms with Crippen molar-refractivity contribution in [3.63, 3.8) is 0 Å². The summed E-state index contributed by atoms with van der Waals surface area (Å²) in [6.07, 6.45) is 5.68. The molecule has 0 radical (unpaired) electrons. The number of fused-ring (bicyclic) bond motifs is 1. The molecular weight excluding hydrogens is 322 g/mol. The van der Waals surface area contributed by atoms with E-state index >= 15 is 0 Å². The number of nitrogens with zero attached hydrogens (tertiary/aromatic N) is 2. The second-order valence-corrected chi connectivity index (χ2v) is 7.56. The average molecular weight is 358 g/mol. The predicted octanol–water partition coefficient (Wildman–Crippen LogP) is 5.19. The summed E-state index contributed by atoms with van der Waals surface area (Å²) in [5, 5.41) is 4.69. The number of benzene rings is 1. The SMILES string of the molecule is CCCC[C@@H](C)N(CCNc1cc(OC)cc2cccnc12)CC(C)C. The van der Waals surface area contributed by atoms with Crippen LogP contribution in [0, 0.1) is 5.92 Å². The Balaban J connectivity index is 2.05. The van der Waals surface area contributed by atoms with Crippen molar-refractivity contribution in [2.45, 2.75) is 53.0 Å². The highest BCUT2D eigenvalue weighted by molar-refractivity contribution is 5.91. The van der Waals surface area contributed by atoms with Crippen LogP contribution in [-0.4, -0.2) is 42.7 Å². The monoisotopic (exact) mass is 357 g/mol. The first-order chi connectivity index (χ1) is 12.5. The summed E-state index contributed by atoms with van der Waals surface area (Å²) in [6.45, 7) is 12.3. The summed E-state index contributed by atoms with van der Waals surface area (Å²) in [5.74, 6) is 1.54. The molecule has 0 saturated heterocycles. The third-order valence-corrected chi connectivity index (χ3v) is 4.83. The Labute approximate surface area is 159 Å². The number of rotatable bonds is 11. The van der Waals surface area contributed by atoms with Gasteiger partial charge in [-0.1, -0.05) is 39.7 Å². The van der Waals surface area contributed by atoms with E-state index in [-0.39, 0.29) is 0 Å². The molecule has 0 aliphatic rings. The van der Waals surface area contributed by atoms with E-state index in [9.17, 15) is 0 Å². The van der Waals surface area contributed by atoms with Crippen molar-refractivity contribution >= 4 is 16.6 Å². The van der Waals surface area contributed by atoms with Gasteiger partial charge in [0.25, 0.3) is 0 Å². The van der Waals surface area contributed by atoms with Crippen LogP contribution in [0.3, 0.4) is 0 Å². The van der Waals surface area contributed by atoms with Crippen LogP contribution in [-0.2, 0) is 0 Å². The van der Waals surface area contributed by atoms with Gasteiger partial charge in [-0.15, -0.1) is 0 Å². The lowest BCUT2D eigenvalue weighted by Gasteiger charge is -2.31. The molecule has 0 fully saturated rings. The van der Waals surface area contributed by atoms with E-state index in [4.69, 9.17) is 4.74 Å². The molecule has 1 aromatic carbocycles. The fraction of sp³-hybridized carbons (Fsp3) is 0.591. The van der Waals surface area contributed by atoms with Gasteiger partial charge in [-0.05, 0) is 31.4 Å². The maximum Gasteiger partial charge on any atom is 0.121 e. The predicted molar refractivity (Wildman–Crippen MR) is 112 cm³/mol. The molecular formula is C22H35N3O. The molecule has 26 heavy (non-hydrogen) atoms. The van der Waals surface area contributed by atoms with Gasteiger partial charge in [0.05, 0.1) is 18.3 Å². The second kappa shape index (κ2) is 10.4. The number of hydrogen-bond acceptors (Lipinski definition) is 4. The topological polar surface area (TPSA) is 37.4 Å². The Morgan fingerprint density at radius 3 is 2.73 bits per heavy atom. The van der Waals surface area contributed by atoms with Crippen LogP contribution in [0.15, 0.2) is 30.5 Å². The summed E-state index contributed by atoms with van der Waals surface area (Å²) in [5.41, 5.74) is 2.05. The Morgan fingerprint density at radius 2 is 2.04 bits per heavy atom. The molecule has 0 aliphatic heterocycles. The number of ether oxygens (including phenoxy) is 1. The van der Waals surface area contributed by atoms with E-state index in [1.807, 2.05) is 24.4 Å². The third kappa shape index (κ3) is 5.87. The van der Waals surface area contributed by atoms with Crippen LogP contribution in [0.1, 0.15) is 47.0 Å². The molecule has 0 amide bonds. The van der Waals surface area contributed by atoms with Crippen LogP contribution >= 0.6 is 0 Å². The molecule has 0 saturated carbocycles. The van der Waals surface area contributed by atoms with Crippen LogP contribution < -0.4 is 10.1 Å². The normalized spacial score (nSPS) is 12.7. The van der Waals surface area contributed by atoms with E-state index < -0.39 is 0 Å². The molecule has 1 N–H and O–H groups in total. The quantitative estimate of drug-likeness (QED) is 0.600. The van der Waals surface area contributed by atoms with E-state index in [1.165, 1.54) is 19.3 Å². The first-order valence-corrected chi connectivity index (χ1v) is 9.95. The summed E-state index contributed by atoms with van der Waals surface area (Å²) < 4.78 is 5.45. The zero-order valence-corrected chi connectivity index (χ0v) is 17.1. The lowest BCUT2D eigenvalue weighted by molar-refractivity contribution is 0.182. The molecule has 4 nitrogen and oxygen atoms in total. The Bertz CT molecular complexity index is 671. The average Bonchev–Trinajstić information content (AvgIpc) is 2.64. The molecule has 0 aliphatic carbocycles. The van der Waals surface area contributed by atoms with Crippen molar-refractivity contribution in [1.29, 1.82) is 0 Å². The van der Waals surface area contributed by atoms with Crippen molar-refractivity contribution in [1.82, 2.24) is 9.88 Å². The molecule has 0 bridgehead atoms. The minimum absolute atomic E-state index is 0.624. The van der Waals surface area contributed by atoms with Crippen molar-refractivity contribution in [2.75, 3.05) is 32.1 Å². The zero-order chi connectivity index (χ0) is 18.9. The number of anilines is 1. The molecule has 2 rings (SSSR count). The van der Waals surface area contributed by atoms with Crippen LogP contribution in [0.4, 0.5) is 5.69 Å². The number of unbranched alkanes of at least 4 members (excludes halogenated alkanes) is 1. The van der Waals surface area contributed by atoms with Gasteiger partial charge in [0.2, 0.25) is 0 Å². The Morgan fingerprint density at radius 1 is 1.23 bits per heavy atom. The van der Waals surface area contributed by atoms with Crippen LogP contribution in [0.2, 0.25) is 0 Å². The first kappa shape index (κ1) is 20.5. The maximum atomic E-state index is 5.45. The largest absolute Gasteiger partial charge is 0.497 e. The third-order valence-electron chi connectivity index (χ3n) is 4.83. The maximum absolute atomic E-state index is 5.45. The zero-order valence-electron chi connectivity index (χ0n) is 17.1. The first-order valence-electron chi connectivity index (χ1n) is 9.95. The standard InChI is InChI=1S/C22H35N3O/c1-6-7-9-18(4)25(16-17(2)3)13-12-23-21-15-20(26-5)14-19-10-8-11-24-22(19)21/h8,10-11,14-15,17-18,23H,6-7,9,12-13,16H2,1-5H3/t18-/m1/s1. The molecule has 0 unspecified atom stereocenters. The number of methoxy groups -OCH3 is 1. The fourth-order valence-electron chi connectivity index (χ4n) is 3.39. The number of nitrogens with one attached hydrogen (secondary N) is 1. The van der Waals surface area contributed by atoms with Crippen molar-refractivity contribution < 1.29 is 4.74 Å². The lowest BCUT2D eigenvalue weighted by atomic mass is 10.1. The van der Waals surface area contributed by atoms with Gasteiger partial charge in [-0.2, -0.15) is 0 Å². The molecule has 0 spiro atoms. The number of pyridine rings is 1. The van der Waals surface area contributed by atoms with Gasteiger partial charge in [-0.25, -0.2) is 0 Å². The second-order valence-electron chi connectivity index (χ2n) is 7.56. The molecule has 1 aromatic heterocycles. The van der Waals surface area contributed by atoms with Gasteiger partial charge in [0.1, 0.15) is 5.75 Å². The summed E-state index contributed by atoms with van der Waals surface area (Å²) in [7, 11) is 1.71. The van der Waals surface area contributed by atoms with Crippen LogP contribution in [0.25, 0.3) is 10.9 Å². The highest BCUT2D eigenvalue weighted by Crippen LogP contribution is 2.27. The van der Waals surface area contributed by atoms with E-state index in [0.29, 0.717) is 12.0 Å². The Hall–Kier alpha value is -1.81.